The first-order valence-corrected chi connectivity index (χ1v) is 6.45. The second-order valence-electron chi connectivity index (χ2n) is 4.76. The summed E-state index contributed by atoms with van der Waals surface area (Å²) in [5, 5.41) is 6.79. The van der Waals surface area contributed by atoms with E-state index in [9.17, 15) is 18.0 Å². The number of rotatable bonds is 4. The molecule has 1 unspecified atom stereocenters. The summed E-state index contributed by atoms with van der Waals surface area (Å²) in [6.07, 6.45) is -4.40. The molecule has 2 aromatic carbocycles. The number of halogens is 3. The summed E-state index contributed by atoms with van der Waals surface area (Å²) in [6, 6.07) is 12.5. The molecule has 0 heterocycles. The summed E-state index contributed by atoms with van der Waals surface area (Å²) < 4.78 is 36.1. The van der Waals surface area contributed by atoms with Gasteiger partial charge in [-0.25, -0.2) is 0 Å². The molecule has 21 heavy (non-hydrogen) atoms. The van der Waals surface area contributed by atoms with E-state index in [0.717, 1.165) is 10.8 Å². The average Bonchev–Trinajstić information content (AvgIpc) is 2.43. The molecule has 0 aliphatic carbocycles. The Kier molecular flexibility index (Phi) is 4.35. The Labute approximate surface area is 120 Å². The molecule has 3 nitrogen and oxygen atoms in total. The van der Waals surface area contributed by atoms with Crippen LogP contribution < -0.4 is 10.6 Å². The van der Waals surface area contributed by atoms with Gasteiger partial charge in [-0.3, -0.25) is 4.79 Å². The summed E-state index contributed by atoms with van der Waals surface area (Å²) in [5.74, 6) is -0.694. The van der Waals surface area contributed by atoms with Gasteiger partial charge >= 0.3 is 6.18 Å². The van der Waals surface area contributed by atoms with Crippen LogP contribution in [-0.4, -0.2) is 24.7 Å². The van der Waals surface area contributed by atoms with Crippen molar-refractivity contribution in [3.63, 3.8) is 0 Å². The van der Waals surface area contributed by atoms with Crippen molar-refractivity contribution in [2.24, 2.45) is 0 Å². The molecule has 0 spiro atoms. The number of anilines is 1. The highest BCUT2D eigenvalue weighted by Crippen LogP contribution is 2.19. The molecule has 1 atom stereocenters. The molecule has 0 aliphatic rings. The zero-order valence-electron chi connectivity index (χ0n) is 11.4. The zero-order valence-corrected chi connectivity index (χ0v) is 11.4. The maximum absolute atomic E-state index is 12.0. The van der Waals surface area contributed by atoms with Crippen LogP contribution in [0.4, 0.5) is 18.9 Å². The molecular formula is C15H15F3N2O. The fourth-order valence-corrected chi connectivity index (χ4v) is 1.94. The fraction of sp³-hybridized carbons (Fsp3) is 0.267. The van der Waals surface area contributed by atoms with Crippen molar-refractivity contribution in [1.29, 1.82) is 0 Å². The predicted octanol–water partition coefficient (Wildman–Crippen LogP) is 3.32. The van der Waals surface area contributed by atoms with Crippen molar-refractivity contribution >= 4 is 22.4 Å². The number of fused-ring (bicyclic) bond motifs is 1. The van der Waals surface area contributed by atoms with Gasteiger partial charge in [0, 0.05) is 5.69 Å². The molecule has 0 aliphatic heterocycles. The van der Waals surface area contributed by atoms with Crippen molar-refractivity contribution in [2.75, 3.05) is 11.9 Å². The lowest BCUT2D eigenvalue weighted by atomic mass is 10.1. The van der Waals surface area contributed by atoms with E-state index in [1.54, 1.807) is 6.07 Å². The molecule has 0 aromatic heterocycles. The number of benzene rings is 2. The van der Waals surface area contributed by atoms with Crippen molar-refractivity contribution in [3.05, 3.63) is 42.5 Å². The van der Waals surface area contributed by atoms with E-state index in [4.69, 9.17) is 0 Å². The largest absolute Gasteiger partial charge is 0.405 e. The molecule has 1 amide bonds. The quantitative estimate of drug-likeness (QED) is 0.908. The zero-order chi connectivity index (χ0) is 15.5. The Morgan fingerprint density at radius 1 is 1.14 bits per heavy atom. The van der Waals surface area contributed by atoms with Gasteiger partial charge in [0.05, 0.1) is 0 Å². The lowest BCUT2D eigenvalue weighted by molar-refractivity contribution is -0.138. The molecule has 2 rings (SSSR count). The first kappa shape index (κ1) is 15.2. The minimum absolute atomic E-state index is 0.684. The standard InChI is InChI=1S/C15H15F3N2O/c1-10(14(21)19-9-15(16,17)18)20-13-7-6-11-4-2-3-5-12(11)8-13/h2-8,10,20H,9H2,1H3,(H,19,21). The van der Waals surface area contributed by atoms with E-state index < -0.39 is 24.7 Å². The summed E-state index contributed by atoms with van der Waals surface area (Å²) in [6.45, 7) is 0.191. The van der Waals surface area contributed by atoms with Gasteiger partial charge in [-0.2, -0.15) is 13.2 Å². The average molecular weight is 296 g/mol. The monoisotopic (exact) mass is 296 g/mol. The molecule has 0 saturated heterocycles. The van der Waals surface area contributed by atoms with E-state index in [-0.39, 0.29) is 0 Å². The van der Waals surface area contributed by atoms with Crippen LogP contribution in [0.5, 0.6) is 0 Å². The number of alkyl halides is 3. The van der Waals surface area contributed by atoms with Crippen LogP contribution in [0.25, 0.3) is 10.8 Å². The molecule has 112 valence electrons. The van der Waals surface area contributed by atoms with Crippen LogP contribution in [0.2, 0.25) is 0 Å². The summed E-state index contributed by atoms with van der Waals surface area (Å²) in [7, 11) is 0. The molecule has 6 heteroatoms. The molecule has 0 saturated carbocycles. The molecule has 0 fully saturated rings. The second-order valence-corrected chi connectivity index (χ2v) is 4.76. The fourth-order valence-electron chi connectivity index (χ4n) is 1.94. The van der Waals surface area contributed by atoms with Crippen LogP contribution in [-0.2, 0) is 4.79 Å². The van der Waals surface area contributed by atoms with Crippen molar-refractivity contribution in [3.8, 4) is 0 Å². The van der Waals surface area contributed by atoms with E-state index in [1.165, 1.54) is 6.92 Å². The number of carbonyl (C=O) groups excluding carboxylic acids is 1. The van der Waals surface area contributed by atoms with Gasteiger partial charge in [0.2, 0.25) is 5.91 Å². The lowest BCUT2D eigenvalue weighted by Gasteiger charge is -2.16. The first-order valence-electron chi connectivity index (χ1n) is 6.45. The smallest absolute Gasteiger partial charge is 0.374 e. The normalized spacial score (nSPS) is 13.0. The third-order valence-electron chi connectivity index (χ3n) is 2.99. The van der Waals surface area contributed by atoms with E-state index in [1.807, 2.05) is 41.7 Å². The van der Waals surface area contributed by atoms with Crippen LogP contribution in [0.1, 0.15) is 6.92 Å². The van der Waals surface area contributed by atoms with Crippen LogP contribution >= 0.6 is 0 Å². The highest BCUT2D eigenvalue weighted by Gasteiger charge is 2.28. The van der Waals surface area contributed by atoms with Gasteiger partial charge in [0.25, 0.3) is 0 Å². The SMILES string of the molecule is CC(Nc1ccc2ccccc2c1)C(=O)NCC(F)(F)F. The highest BCUT2D eigenvalue weighted by atomic mass is 19.4. The van der Waals surface area contributed by atoms with Gasteiger partial charge in [-0.05, 0) is 29.8 Å². The number of hydrogen-bond donors (Lipinski definition) is 2. The second kappa shape index (κ2) is 6.03. The van der Waals surface area contributed by atoms with Crippen LogP contribution in [0, 0.1) is 0 Å². The van der Waals surface area contributed by atoms with Gasteiger partial charge in [-0.15, -0.1) is 0 Å². The van der Waals surface area contributed by atoms with Crippen LogP contribution in [0.3, 0.4) is 0 Å². The Hall–Kier alpha value is -2.24. The third kappa shape index (κ3) is 4.37. The molecule has 2 aromatic rings. The summed E-state index contributed by atoms with van der Waals surface area (Å²) in [5.41, 5.74) is 0.684. The van der Waals surface area contributed by atoms with Crippen LogP contribution in [0.15, 0.2) is 42.5 Å². The lowest BCUT2D eigenvalue weighted by Crippen LogP contribution is -2.42. The number of carbonyl (C=O) groups is 1. The number of nitrogens with one attached hydrogen (secondary N) is 2. The molecule has 0 radical (unpaired) electrons. The maximum Gasteiger partial charge on any atom is 0.405 e. The van der Waals surface area contributed by atoms with Gasteiger partial charge in [0.15, 0.2) is 0 Å². The highest BCUT2D eigenvalue weighted by molar-refractivity contribution is 5.88. The Bertz CT molecular complexity index is 640. The summed E-state index contributed by atoms with van der Waals surface area (Å²) in [4.78, 5) is 11.6. The van der Waals surface area contributed by atoms with Crippen molar-refractivity contribution in [1.82, 2.24) is 5.32 Å². The van der Waals surface area contributed by atoms with Gasteiger partial charge in [0.1, 0.15) is 12.6 Å². The molecular weight excluding hydrogens is 281 g/mol. The number of amides is 1. The number of hydrogen-bond acceptors (Lipinski definition) is 2. The Balaban J connectivity index is 2.00. The van der Waals surface area contributed by atoms with E-state index in [0.29, 0.717) is 5.69 Å². The van der Waals surface area contributed by atoms with Crippen molar-refractivity contribution in [2.45, 2.75) is 19.1 Å². The Morgan fingerprint density at radius 3 is 2.48 bits per heavy atom. The van der Waals surface area contributed by atoms with E-state index in [2.05, 4.69) is 5.32 Å². The first-order chi connectivity index (χ1) is 9.85. The molecule has 0 bridgehead atoms. The maximum atomic E-state index is 12.0. The third-order valence-corrected chi connectivity index (χ3v) is 2.99. The summed E-state index contributed by atoms with van der Waals surface area (Å²) >= 11 is 0. The van der Waals surface area contributed by atoms with Crippen molar-refractivity contribution < 1.29 is 18.0 Å². The van der Waals surface area contributed by atoms with Gasteiger partial charge in [-0.1, -0.05) is 30.3 Å². The van der Waals surface area contributed by atoms with E-state index >= 15 is 0 Å². The predicted molar refractivity (Wildman–Crippen MR) is 76.1 cm³/mol. The van der Waals surface area contributed by atoms with Gasteiger partial charge < -0.3 is 10.6 Å². The topological polar surface area (TPSA) is 41.1 Å². The Morgan fingerprint density at radius 2 is 1.81 bits per heavy atom. The minimum Gasteiger partial charge on any atom is -0.374 e. The minimum atomic E-state index is -4.40. The molecule has 2 N–H and O–H groups in total.